The molecule has 0 radical (unpaired) electrons. The van der Waals surface area contributed by atoms with Gasteiger partial charge in [0, 0.05) is 35.3 Å². The first-order chi connectivity index (χ1) is 16.5. The number of hydrogen-bond acceptors (Lipinski definition) is 5. The fraction of sp³-hybridized carbons (Fsp3) is 0.222. The van der Waals surface area contributed by atoms with Gasteiger partial charge in [0.25, 0.3) is 5.91 Å². The molecule has 1 amide bonds. The Labute approximate surface area is 198 Å². The maximum atomic E-state index is 13.8. The van der Waals surface area contributed by atoms with Crippen molar-refractivity contribution in [3.05, 3.63) is 83.6 Å². The molecule has 176 valence electrons. The first-order valence-electron chi connectivity index (χ1n) is 10.8. The minimum absolute atomic E-state index is 0.189. The van der Waals surface area contributed by atoms with Gasteiger partial charge in [-0.3, -0.25) is 4.79 Å². The van der Waals surface area contributed by atoms with Gasteiger partial charge in [0.05, 0.1) is 34.5 Å². The minimum atomic E-state index is -0.353. The van der Waals surface area contributed by atoms with Crippen LogP contribution in [0.1, 0.15) is 27.5 Å². The molecule has 34 heavy (non-hydrogen) atoms. The molecule has 1 aromatic heterocycles. The third-order valence-corrected chi connectivity index (χ3v) is 5.97. The molecule has 0 saturated heterocycles. The number of aromatic amines is 1. The van der Waals surface area contributed by atoms with Crippen molar-refractivity contribution < 1.29 is 23.7 Å². The Balaban J connectivity index is 1.82. The zero-order valence-electron chi connectivity index (χ0n) is 19.9. The summed E-state index contributed by atoms with van der Waals surface area (Å²) in [5.41, 5.74) is 3.37. The second-order valence-corrected chi connectivity index (χ2v) is 7.80. The average Bonchev–Trinajstić information content (AvgIpc) is 3.31. The van der Waals surface area contributed by atoms with Crippen LogP contribution in [0.2, 0.25) is 0 Å². The van der Waals surface area contributed by atoms with Crippen LogP contribution in [0.15, 0.2) is 66.9 Å². The van der Waals surface area contributed by atoms with Crippen molar-refractivity contribution in [1.82, 2.24) is 9.88 Å². The molecule has 1 heterocycles. The Kier molecular flexibility index (Phi) is 6.63. The fourth-order valence-corrected chi connectivity index (χ4v) is 4.24. The van der Waals surface area contributed by atoms with E-state index >= 15 is 0 Å². The number of para-hydroxylation sites is 1. The third kappa shape index (κ3) is 4.12. The second kappa shape index (κ2) is 9.79. The van der Waals surface area contributed by atoms with Gasteiger partial charge in [-0.1, -0.05) is 30.3 Å². The van der Waals surface area contributed by atoms with Gasteiger partial charge in [0.2, 0.25) is 5.75 Å². The highest BCUT2D eigenvalue weighted by molar-refractivity contribution is 5.96. The molecule has 4 rings (SSSR count). The summed E-state index contributed by atoms with van der Waals surface area (Å²) in [6.45, 7) is 0. The molecular formula is C27H28N2O5. The number of methoxy groups -OCH3 is 4. The number of rotatable bonds is 8. The quantitative estimate of drug-likeness (QED) is 0.398. The molecular weight excluding hydrogens is 432 g/mol. The SMILES string of the molecule is COc1ccc([C@H](c2c[nH]c3ccccc23)N(C)C(=O)c2cc(OC)c(OC)c(OC)c2)cc1. The zero-order chi connectivity index (χ0) is 24.2. The van der Waals surface area contributed by atoms with Crippen LogP contribution in [-0.4, -0.2) is 51.3 Å². The highest BCUT2D eigenvalue weighted by Gasteiger charge is 2.28. The topological polar surface area (TPSA) is 73.0 Å². The summed E-state index contributed by atoms with van der Waals surface area (Å²) in [6, 6.07) is 18.8. The van der Waals surface area contributed by atoms with Gasteiger partial charge in [0.1, 0.15) is 5.75 Å². The van der Waals surface area contributed by atoms with E-state index in [9.17, 15) is 4.79 Å². The van der Waals surface area contributed by atoms with Crippen LogP contribution in [0, 0.1) is 0 Å². The van der Waals surface area contributed by atoms with E-state index in [1.807, 2.05) is 48.7 Å². The average molecular weight is 461 g/mol. The van der Waals surface area contributed by atoms with Gasteiger partial charge in [-0.2, -0.15) is 0 Å². The van der Waals surface area contributed by atoms with Crippen LogP contribution in [-0.2, 0) is 0 Å². The van der Waals surface area contributed by atoms with Gasteiger partial charge >= 0.3 is 0 Å². The number of benzene rings is 3. The van der Waals surface area contributed by atoms with Gasteiger partial charge < -0.3 is 28.8 Å². The standard InChI is InChI=1S/C27H28N2O5/c1-29(27(30)18-14-23(32-3)26(34-5)24(15-18)33-4)25(17-10-12-19(31-2)13-11-17)21-16-28-22-9-7-6-8-20(21)22/h6-16,25,28H,1-5H3/t25-/m1/s1. The molecule has 0 bridgehead atoms. The van der Waals surface area contributed by atoms with Crippen molar-refractivity contribution in [3.63, 3.8) is 0 Å². The second-order valence-electron chi connectivity index (χ2n) is 7.80. The molecule has 0 spiro atoms. The van der Waals surface area contributed by atoms with Gasteiger partial charge in [-0.15, -0.1) is 0 Å². The number of hydrogen-bond donors (Lipinski definition) is 1. The number of fused-ring (bicyclic) bond motifs is 1. The lowest BCUT2D eigenvalue weighted by atomic mass is 9.96. The molecule has 0 unspecified atom stereocenters. The van der Waals surface area contributed by atoms with Crippen LogP contribution in [0.3, 0.4) is 0 Å². The largest absolute Gasteiger partial charge is 0.497 e. The van der Waals surface area contributed by atoms with E-state index in [0.717, 1.165) is 27.8 Å². The Hall–Kier alpha value is -4.13. The Morgan fingerprint density at radius 1 is 0.853 bits per heavy atom. The minimum Gasteiger partial charge on any atom is -0.497 e. The summed E-state index contributed by atoms with van der Waals surface area (Å²) in [5.74, 6) is 1.84. The summed E-state index contributed by atoms with van der Waals surface area (Å²) in [6.07, 6.45) is 1.96. The monoisotopic (exact) mass is 460 g/mol. The highest BCUT2D eigenvalue weighted by Crippen LogP contribution is 2.40. The normalized spacial score (nSPS) is 11.7. The molecule has 0 aliphatic rings. The Morgan fingerprint density at radius 3 is 2.09 bits per heavy atom. The maximum absolute atomic E-state index is 13.8. The lowest BCUT2D eigenvalue weighted by Crippen LogP contribution is -2.32. The van der Waals surface area contributed by atoms with Crippen LogP contribution in [0.5, 0.6) is 23.0 Å². The number of H-pyrrole nitrogens is 1. The Morgan fingerprint density at radius 2 is 1.50 bits per heavy atom. The molecule has 1 N–H and O–H groups in total. The lowest BCUT2D eigenvalue weighted by molar-refractivity contribution is 0.0755. The van der Waals surface area contributed by atoms with Crippen molar-refractivity contribution >= 4 is 16.8 Å². The summed E-state index contributed by atoms with van der Waals surface area (Å²) >= 11 is 0. The molecule has 0 fully saturated rings. The molecule has 7 nitrogen and oxygen atoms in total. The smallest absolute Gasteiger partial charge is 0.254 e. The summed E-state index contributed by atoms with van der Waals surface area (Å²) in [7, 11) is 8.02. The van der Waals surface area contributed by atoms with Gasteiger partial charge in [-0.05, 0) is 35.9 Å². The van der Waals surface area contributed by atoms with Gasteiger partial charge in [-0.25, -0.2) is 0 Å². The first kappa shape index (κ1) is 23.0. The third-order valence-electron chi connectivity index (χ3n) is 5.97. The lowest BCUT2D eigenvalue weighted by Gasteiger charge is -2.29. The molecule has 1 atom stereocenters. The van der Waals surface area contributed by atoms with Crippen LogP contribution in [0.25, 0.3) is 10.9 Å². The number of nitrogens with zero attached hydrogens (tertiary/aromatic N) is 1. The van der Waals surface area contributed by atoms with E-state index in [-0.39, 0.29) is 11.9 Å². The molecule has 7 heteroatoms. The molecule has 4 aromatic rings. The molecule has 0 aliphatic carbocycles. The molecule has 0 aliphatic heterocycles. The van der Waals surface area contributed by atoms with Gasteiger partial charge in [0.15, 0.2) is 11.5 Å². The predicted molar refractivity (Wildman–Crippen MR) is 131 cm³/mol. The van der Waals surface area contributed by atoms with Crippen molar-refractivity contribution in [2.24, 2.45) is 0 Å². The number of aromatic nitrogens is 1. The van der Waals surface area contributed by atoms with Crippen molar-refractivity contribution in [3.8, 4) is 23.0 Å². The fourth-order valence-electron chi connectivity index (χ4n) is 4.24. The summed E-state index contributed by atoms with van der Waals surface area (Å²) in [5, 5.41) is 1.05. The van der Waals surface area contributed by atoms with Crippen LogP contribution >= 0.6 is 0 Å². The van der Waals surface area contributed by atoms with Crippen molar-refractivity contribution in [2.45, 2.75) is 6.04 Å². The van der Waals surface area contributed by atoms with E-state index in [0.29, 0.717) is 22.8 Å². The van der Waals surface area contributed by atoms with Crippen LogP contribution < -0.4 is 18.9 Å². The van der Waals surface area contributed by atoms with Crippen molar-refractivity contribution in [2.75, 3.05) is 35.5 Å². The molecule has 0 saturated carbocycles. The van der Waals surface area contributed by atoms with E-state index in [1.54, 1.807) is 31.2 Å². The first-order valence-corrected chi connectivity index (χ1v) is 10.8. The van der Waals surface area contributed by atoms with E-state index in [1.165, 1.54) is 21.3 Å². The number of ether oxygens (including phenoxy) is 4. The number of amides is 1. The van der Waals surface area contributed by atoms with E-state index in [2.05, 4.69) is 11.1 Å². The highest BCUT2D eigenvalue weighted by atomic mass is 16.5. The van der Waals surface area contributed by atoms with E-state index < -0.39 is 0 Å². The predicted octanol–water partition coefficient (Wildman–Crippen LogP) is 5.06. The Bertz CT molecular complexity index is 1270. The summed E-state index contributed by atoms with van der Waals surface area (Å²) < 4.78 is 21.7. The number of carbonyl (C=O) groups excluding carboxylic acids is 1. The van der Waals surface area contributed by atoms with E-state index in [4.69, 9.17) is 18.9 Å². The van der Waals surface area contributed by atoms with Crippen LogP contribution in [0.4, 0.5) is 0 Å². The zero-order valence-corrected chi connectivity index (χ0v) is 19.9. The van der Waals surface area contributed by atoms with Crippen molar-refractivity contribution in [1.29, 1.82) is 0 Å². The molecule has 3 aromatic carbocycles. The maximum Gasteiger partial charge on any atom is 0.254 e. The summed E-state index contributed by atoms with van der Waals surface area (Å²) in [4.78, 5) is 18.8. The number of nitrogens with one attached hydrogen (secondary N) is 1. The number of carbonyl (C=O) groups is 1.